The minimum absolute atomic E-state index is 0.111. The molecule has 3 aromatic carbocycles. The lowest BCUT2D eigenvalue weighted by atomic mass is 9.88. The van der Waals surface area contributed by atoms with Gasteiger partial charge in [0.25, 0.3) is 0 Å². The van der Waals surface area contributed by atoms with E-state index in [4.69, 9.17) is 32.7 Å². The quantitative estimate of drug-likeness (QED) is 0.181. The molecule has 1 unspecified atom stereocenters. The van der Waals surface area contributed by atoms with Crippen molar-refractivity contribution in [2.24, 2.45) is 5.92 Å². The predicted molar refractivity (Wildman–Crippen MR) is 181 cm³/mol. The molecule has 250 valence electrons. The third-order valence-corrected chi connectivity index (χ3v) is 11.2. The Kier molecular flexibility index (Phi) is 11.7. The molecule has 0 spiro atoms. The van der Waals surface area contributed by atoms with Crippen molar-refractivity contribution < 1.29 is 32.9 Å². The van der Waals surface area contributed by atoms with Crippen molar-refractivity contribution in [2.45, 2.75) is 62.5 Å². The van der Waals surface area contributed by atoms with Crippen LogP contribution in [0, 0.1) is 5.92 Å². The average molecular weight is 694 g/mol. The van der Waals surface area contributed by atoms with Gasteiger partial charge in [0.05, 0.1) is 30.4 Å². The van der Waals surface area contributed by atoms with Crippen LogP contribution in [0.4, 0.5) is 0 Å². The highest BCUT2D eigenvalue weighted by atomic mass is 35.5. The number of aryl methyl sites for hydroxylation is 1. The second-order valence-electron chi connectivity index (χ2n) is 12.5. The van der Waals surface area contributed by atoms with Crippen molar-refractivity contribution in [3.05, 3.63) is 75.3 Å². The van der Waals surface area contributed by atoms with Crippen molar-refractivity contribution in [1.82, 2.24) is 9.62 Å². The molecule has 3 N–H and O–H groups in total. The zero-order chi connectivity index (χ0) is 33.8. The summed E-state index contributed by atoms with van der Waals surface area (Å²) in [6.45, 7) is 4.21. The molecule has 0 bridgehead atoms. The van der Waals surface area contributed by atoms with E-state index < -0.39 is 22.1 Å². The number of aliphatic hydroxyl groups excluding tert-OH is 1. The van der Waals surface area contributed by atoms with Gasteiger partial charge in [0.1, 0.15) is 4.90 Å². The summed E-state index contributed by atoms with van der Waals surface area (Å²) in [5.41, 5.74) is 4.21. The molecule has 0 saturated heterocycles. The van der Waals surface area contributed by atoms with Crippen molar-refractivity contribution in [1.29, 1.82) is 0 Å². The lowest BCUT2D eigenvalue weighted by Gasteiger charge is -2.31. The fourth-order valence-electron chi connectivity index (χ4n) is 6.20. The number of methoxy groups -OCH3 is 2. The number of aliphatic hydroxyl groups is 1. The molecule has 0 aliphatic heterocycles. The van der Waals surface area contributed by atoms with E-state index in [1.807, 2.05) is 0 Å². The lowest BCUT2D eigenvalue weighted by molar-refractivity contribution is -0.136. The highest BCUT2D eigenvalue weighted by Crippen LogP contribution is 2.41. The molecule has 4 rings (SSSR count). The van der Waals surface area contributed by atoms with E-state index in [1.54, 1.807) is 12.1 Å². The maximum absolute atomic E-state index is 13.6. The predicted octanol–water partition coefficient (Wildman–Crippen LogP) is 5.85. The third kappa shape index (κ3) is 8.53. The largest absolute Gasteiger partial charge is 0.493 e. The Morgan fingerprint density at radius 1 is 1.04 bits per heavy atom. The van der Waals surface area contributed by atoms with Crippen LogP contribution in [0.3, 0.4) is 0 Å². The number of carboxylic acid groups (broad SMARTS) is 1. The number of aliphatic carboxylic acids is 1. The first-order chi connectivity index (χ1) is 21.6. The summed E-state index contributed by atoms with van der Waals surface area (Å²) in [5, 5.41) is 23.3. The van der Waals surface area contributed by atoms with E-state index in [2.05, 4.69) is 43.4 Å². The summed E-state index contributed by atoms with van der Waals surface area (Å²) in [6, 6.07) is 14.8. The van der Waals surface area contributed by atoms with E-state index in [1.165, 1.54) is 44.5 Å². The number of nitrogens with zero attached hydrogens (tertiary/aromatic N) is 1. The van der Waals surface area contributed by atoms with Gasteiger partial charge in [-0.1, -0.05) is 47.5 Å². The Morgan fingerprint density at radius 3 is 2.15 bits per heavy atom. The van der Waals surface area contributed by atoms with Gasteiger partial charge in [0.2, 0.25) is 10.0 Å². The number of fused-ring (bicyclic) bond motifs is 1. The second-order valence-corrected chi connectivity index (χ2v) is 15.3. The maximum atomic E-state index is 13.6. The standard InChI is InChI=1S/C34H42Cl2N2O7S/c1-34(2,18-21-12-22-8-6-7-9-23(22)13-21)37-19-26(39)20-38(3)46(42,43)33-28(35)14-25(15-29(33)36)27-17-31(45-5)30(44-4)16-24(27)10-11-32(40)41/h6-9,14-17,21,26,37,39H,10-13,18-20H2,1-5H3,(H,40,41). The number of benzene rings is 3. The van der Waals surface area contributed by atoms with Gasteiger partial charge in [-0.2, -0.15) is 4.31 Å². The van der Waals surface area contributed by atoms with Gasteiger partial charge in [-0.25, -0.2) is 8.42 Å². The van der Waals surface area contributed by atoms with E-state index in [0.717, 1.165) is 23.6 Å². The minimum atomic E-state index is -4.19. The Balaban J connectivity index is 1.47. The number of rotatable bonds is 15. The summed E-state index contributed by atoms with van der Waals surface area (Å²) in [4.78, 5) is 11.0. The highest BCUT2D eigenvalue weighted by molar-refractivity contribution is 7.89. The van der Waals surface area contributed by atoms with Crippen LogP contribution in [0.5, 0.6) is 11.5 Å². The van der Waals surface area contributed by atoms with Crippen LogP contribution in [-0.2, 0) is 34.1 Å². The summed E-state index contributed by atoms with van der Waals surface area (Å²) < 4.78 is 39.2. The normalized spacial score (nSPS) is 14.4. The van der Waals surface area contributed by atoms with Crippen LogP contribution < -0.4 is 14.8 Å². The first-order valence-corrected chi connectivity index (χ1v) is 17.3. The molecule has 0 amide bonds. The monoisotopic (exact) mass is 692 g/mol. The number of sulfonamides is 1. The summed E-state index contributed by atoms with van der Waals surface area (Å²) in [5.74, 6) is 0.353. The van der Waals surface area contributed by atoms with Gasteiger partial charge in [0.15, 0.2) is 11.5 Å². The third-order valence-electron chi connectivity index (χ3n) is 8.41. The van der Waals surface area contributed by atoms with Crippen molar-refractivity contribution >= 4 is 39.2 Å². The van der Waals surface area contributed by atoms with Crippen LogP contribution >= 0.6 is 23.2 Å². The van der Waals surface area contributed by atoms with Crippen LogP contribution in [0.15, 0.2) is 53.4 Å². The molecule has 46 heavy (non-hydrogen) atoms. The van der Waals surface area contributed by atoms with E-state index in [-0.39, 0.29) is 46.4 Å². The fraction of sp³-hybridized carbons (Fsp3) is 0.441. The second kappa shape index (κ2) is 14.9. The van der Waals surface area contributed by atoms with Crippen LogP contribution in [0.2, 0.25) is 10.0 Å². The molecule has 3 aromatic rings. The van der Waals surface area contributed by atoms with Gasteiger partial charge in [-0.3, -0.25) is 4.79 Å². The van der Waals surface area contributed by atoms with Gasteiger partial charge < -0.3 is 25.0 Å². The number of β-amino-alcohol motifs (C(OH)–C–C–N with tert-alkyl or cyclic N) is 1. The first kappa shape index (κ1) is 36.0. The molecule has 9 nitrogen and oxygen atoms in total. The van der Waals surface area contributed by atoms with E-state index >= 15 is 0 Å². The lowest BCUT2D eigenvalue weighted by Crippen LogP contribution is -2.47. The Hall–Kier alpha value is -2.86. The van der Waals surface area contributed by atoms with Crippen molar-refractivity contribution in [2.75, 3.05) is 34.4 Å². The summed E-state index contributed by atoms with van der Waals surface area (Å²) >= 11 is 13.2. The molecule has 0 saturated carbocycles. The maximum Gasteiger partial charge on any atom is 0.303 e. The number of halogens is 2. The van der Waals surface area contributed by atoms with Crippen molar-refractivity contribution in [3.8, 4) is 22.6 Å². The van der Waals surface area contributed by atoms with Crippen LogP contribution in [0.1, 0.15) is 43.4 Å². The zero-order valence-electron chi connectivity index (χ0n) is 26.8. The molecule has 0 aromatic heterocycles. The fourth-order valence-corrected chi connectivity index (χ4v) is 8.56. The summed E-state index contributed by atoms with van der Waals surface area (Å²) in [7, 11) is 0.134. The van der Waals surface area contributed by atoms with Crippen LogP contribution in [0.25, 0.3) is 11.1 Å². The number of nitrogens with one attached hydrogen (secondary N) is 1. The Labute approximate surface area is 281 Å². The number of ether oxygens (including phenoxy) is 2. The zero-order valence-corrected chi connectivity index (χ0v) is 29.1. The summed E-state index contributed by atoms with van der Waals surface area (Å²) in [6.07, 6.45) is 2.03. The van der Waals surface area contributed by atoms with Crippen molar-refractivity contribution in [3.63, 3.8) is 0 Å². The molecular formula is C34H42Cl2N2O7S. The average Bonchev–Trinajstić information content (AvgIpc) is 3.39. The molecule has 0 fully saturated rings. The van der Waals surface area contributed by atoms with Gasteiger partial charge in [0, 0.05) is 32.1 Å². The Bertz CT molecular complexity index is 1630. The van der Waals surface area contributed by atoms with Gasteiger partial charge in [-0.05, 0) is 97.5 Å². The highest BCUT2D eigenvalue weighted by Gasteiger charge is 2.31. The molecule has 1 aliphatic carbocycles. The molecule has 1 aliphatic rings. The van der Waals surface area contributed by atoms with E-state index in [9.17, 15) is 23.4 Å². The van der Waals surface area contributed by atoms with Crippen LogP contribution in [-0.4, -0.2) is 74.9 Å². The molecule has 0 heterocycles. The number of carbonyl (C=O) groups is 1. The number of hydrogen-bond acceptors (Lipinski definition) is 7. The topological polar surface area (TPSA) is 125 Å². The first-order valence-electron chi connectivity index (χ1n) is 15.1. The van der Waals surface area contributed by atoms with E-state index in [0.29, 0.717) is 34.1 Å². The number of carboxylic acids is 1. The SMILES string of the molecule is COc1cc(CCC(=O)O)c(-c2cc(Cl)c(S(=O)(=O)N(C)CC(O)CNC(C)(C)CC3Cc4ccccc4C3)c(Cl)c2)cc1OC. The number of hydrogen-bond donors (Lipinski definition) is 3. The molecule has 0 radical (unpaired) electrons. The molecule has 12 heteroatoms. The Morgan fingerprint density at radius 2 is 1.61 bits per heavy atom. The molecular weight excluding hydrogens is 651 g/mol. The molecule has 1 atom stereocenters. The smallest absolute Gasteiger partial charge is 0.303 e. The number of likely N-dealkylation sites (N-methyl/N-ethyl adjacent to an activating group) is 1. The van der Waals surface area contributed by atoms with Gasteiger partial charge >= 0.3 is 5.97 Å². The van der Waals surface area contributed by atoms with Gasteiger partial charge in [-0.15, -0.1) is 0 Å². The minimum Gasteiger partial charge on any atom is -0.493 e.